The lowest BCUT2D eigenvalue weighted by Gasteiger charge is -2.31. The minimum Gasteiger partial charge on any atom is -0.496 e. The predicted octanol–water partition coefficient (Wildman–Crippen LogP) is 4.78. The number of nitriles is 1. The molecule has 0 fully saturated rings. The molecule has 0 bridgehead atoms. The molecule has 0 aliphatic carbocycles. The first-order valence-corrected chi connectivity index (χ1v) is 11.3. The van der Waals surface area contributed by atoms with Crippen molar-refractivity contribution in [2.24, 2.45) is 5.92 Å². The molecule has 1 amide bonds. The second-order valence-electron chi connectivity index (χ2n) is 6.60. The van der Waals surface area contributed by atoms with Gasteiger partial charge in [0.05, 0.1) is 35.4 Å². The maximum Gasteiger partial charge on any atom is 0.319 e. The van der Waals surface area contributed by atoms with E-state index in [1.807, 2.05) is 18.2 Å². The highest BCUT2D eigenvalue weighted by molar-refractivity contribution is 9.10. The number of nitrogens with zero attached hydrogens (tertiary/aromatic N) is 1. The summed E-state index contributed by atoms with van der Waals surface area (Å²) in [6.07, 6.45) is 0. The van der Waals surface area contributed by atoms with Crippen molar-refractivity contribution in [3.8, 4) is 11.8 Å². The van der Waals surface area contributed by atoms with Gasteiger partial charge >= 0.3 is 5.97 Å². The zero-order valence-electron chi connectivity index (χ0n) is 16.6. The Labute approximate surface area is 197 Å². The summed E-state index contributed by atoms with van der Waals surface area (Å²) >= 11 is 10.9. The Morgan fingerprint density at radius 3 is 2.65 bits per heavy atom. The molecule has 0 unspecified atom stereocenters. The van der Waals surface area contributed by atoms with E-state index in [1.54, 1.807) is 24.3 Å². The first-order chi connectivity index (χ1) is 14.9. The van der Waals surface area contributed by atoms with Crippen molar-refractivity contribution >= 4 is 51.2 Å². The zero-order valence-corrected chi connectivity index (χ0v) is 19.8. The fourth-order valence-corrected chi connectivity index (χ4v) is 5.21. The summed E-state index contributed by atoms with van der Waals surface area (Å²) in [5.41, 5.74) is 1.77. The van der Waals surface area contributed by atoms with Gasteiger partial charge in [0.1, 0.15) is 11.7 Å². The van der Waals surface area contributed by atoms with Gasteiger partial charge in [0.15, 0.2) is 0 Å². The highest BCUT2D eigenvalue weighted by Crippen LogP contribution is 2.42. The molecule has 31 heavy (non-hydrogen) atoms. The monoisotopic (exact) mass is 520 g/mol. The van der Waals surface area contributed by atoms with Crippen LogP contribution in [0.25, 0.3) is 0 Å². The van der Waals surface area contributed by atoms with Gasteiger partial charge < -0.3 is 14.8 Å². The number of ether oxygens (including phenoxy) is 2. The number of hydrogen-bond acceptors (Lipinski definition) is 6. The lowest BCUT2D eigenvalue weighted by molar-refractivity contribution is -0.150. The van der Waals surface area contributed by atoms with E-state index in [9.17, 15) is 14.9 Å². The molecule has 2 aromatic rings. The van der Waals surface area contributed by atoms with E-state index in [0.717, 1.165) is 5.56 Å². The van der Waals surface area contributed by atoms with Crippen LogP contribution in [0.1, 0.15) is 17.0 Å². The smallest absolute Gasteiger partial charge is 0.319 e. The number of esters is 1. The van der Waals surface area contributed by atoms with Crippen LogP contribution in [0, 0.1) is 17.2 Å². The van der Waals surface area contributed by atoms with E-state index in [2.05, 4.69) is 27.3 Å². The number of methoxy groups -OCH3 is 2. The number of nitrogens with one attached hydrogen (secondary N) is 1. The first-order valence-electron chi connectivity index (χ1n) is 9.13. The number of thioether (sulfide) groups is 1. The molecule has 0 spiro atoms. The van der Waals surface area contributed by atoms with Crippen LogP contribution in [0.2, 0.25) is 5.02 Å². The summed E-state index contributed by atoms with van der Waals surface area (Å²) in [4.78, 5) is 25.4. The molecule has 1 N–H and O–H groups in total. The first kappa shape index (κ1) is 23.2. The molecule has 9 heteroatoms. The fraction of sp³-hybridized carbons (Fsp3) is 0.227. The van der Waals surface area contributed by atoms with Gasteiger partial charge in [0, 0.05) is 16.7 Å². The largest absolute Gasteiger partial charge is 0.496 e. The molecule has 0 aromatic heterocycles. The van der Waals surface area contributed by atoms with Crippen molar-refractivity contribution in [3.63, 3.8) is 0 Å². The van der Waals surface area contributed by atoms with E-state index in [-0.39, 0.29) is 5.57 Å². The maximum absolute atomic E-state index is 12.9. The molecule has 6 nitrogen and oxygen atoms in total. The van der Waals surface area contributed by atoms with Crippen molar-refractivity contribution < 1.29 is 19.1 Å². The number of hydrogen-bond donors (Lipinski definition) is 1. The van der Waals surface area contributed by atoms with Gasteiger partial charge in [-0.3, -0.25) is 9.59 Å². The Kier molecular flexibility index (Phi) is 7.65. The molecule has 0 saturated heterocycles. The second-order valence-corrected chi connectivity index (χ2v) is 8.84. The van der Waals surface area contributed by atoms with Crippen LogP contribution < -0.4 is 10.1 Å². The zero-order chi connectivity index (χ0) is 22.5. The van der Waals surface area contributed by atoms with E-state index in [1.165, 1.54) is 26.0 Å². The molecule has 160 valence electrons. The Bertz CT molecular complexity index is 1100. The maximum atomic E-state index is 12.9. The number of carbonyl (C=O) groups is 2. The number of benzene rings is 2. The summed E-state index contributed by atoms with van der Waals surface area (Å²) in [5, 5.41) is 13.7. The standard InChI is InChI=1S/C22H18BrClN2O4S/c1-29-17-8-7-12(9-15(17)23)18-14(10-25)21(26-20(27)19(18)22(28)30-2)31-11-13-5-3-4-6-16(13)24/h3-9,18-19H,11H2,1-2H3,(H,26,27)/t18-,19-/m1/s1. The van der Waals surface area contributed by atoms with Gasteiger partial charge in [-0.05, 0) is 45.3 Å². The SMILES string of the molecule is COC(=O)[C@H]1C(=O)NC(SCc2ccccc2Cl)=C(C#N)[C@H]1c1ccc(OC)c(Br)c1. The Hall–Kier alpha value is -2.47. The predicted molar refractivity (Wildman–Crippen MR) is 122 cm³/mol. The van der Waals surface area contributed by atoms with Crippen molar-refractivity contribution in [1.29, 1.82) is 5.26 Å². The number of allylic oxidation sites excluding steroid dienone is 1. The Morgan fingerprint density at radius 1 is 1.29 bits per heavy atom. The molecule has 2 aromatic carbocycles. The third-order valence-electron chi connectivity index (χ3n) is 4.85. The fourth-order valence-electron chi connectivity index (χ4n) is 3.32. The van der Waals surface area contributed by atoms with E-state index in [0.29, 0.717) is 31.6 Å². The van der Waals surface area contributed by atoms with Gasteiger partial charge in [-0.25, -0.2) is 0 Å². The highest BCUT2D eigenvalue weighted by Gasteiger charge is 2.44. The average molecular weight is 522 g/mol. The summed E-state index contributed by atoms with van der Waals surface area (Å²) in [6.45, 7) is 0. The topological polar surface area (TPSA) is 88.4 Å². The van der Waals surface area contributed by atoms with E-state index < -0.39 is 23.7 Å². The van der Waals surface area contributed by atoms with Crippen LogP contribution in [-0.2, 0) is 20.1 Å². The van der Waals surface area contributed by atoms with E-state index in [4.69, 9.17) is 21.1 Å². The average Bonchev–Trinajstić information content (AvgIpc) is 2.77. The van der Waals surface area contributed by atoms with Gasteiger partial charge in [-0.15, -0.1) is 11.8 Å². The highest BCUT2D eigenvalue weighted by atomic mass is 79.9. The number of carbonyl (C=O) groups excluding carboxylic acids is 2. The summed E-state index contributed by atoms with van der Waals surface area (Å²) in [7, 11) is 2.75. The lowest BCUT2D eigenvalue weighted by atomic mass is 9.78. The van der Waals surface area contributed by atoms with Gasteiger partial charge in [-0.1, -0.05) is 35.9 Å². The van der Waals surface area contributed by atoms with Crippen LogP contribution in [-0.4, -0.2) is 26.1 Å². The molecular formula is C22H18BrClN2O4S. The van der Waals surface area contributed by atoms with Crippen molar-refractivity contribution in [1.82, 2.24) is 5.32 Å². The number of amides is 1. The molecule has 1 aliphatic rings. The lowest BCUT2D eigenvalue weighted by Crippen LogP contribution is -2.44. The molecule has 2 atom stereocenters. The minimum atomic E-state index is -1.19. The van der Waals surface area contributed by atoms with Crippen LogP contribution in [0.3, 0.4) is 0 Å². The molecule has 0 radical (unpaired) electrons. The van der Waals surface area contributed by atoms with Crippen LogP contribution in [0.4, 0.5) is 0 Å². The Morgan fingerprint density at radius 2 is 2.03 bits per heavy atom. The normalized spacial score (nSPS) is 18.2. The molecular weight excluding hydrogens is 504 g/mol. The van der Waals surface area contributed by atoms with Gasteiger partial charge in [0.25, 0.3) is 0 Å². The van der Waals surface area contributed by atoms with Crippen molar-refractivity contribution in [2.75, 3.05) is 14.2 Å². The molecule has 0 saturated carbocycles. The number of halogens is 2. The van der Waals surface area contributed by atoms with Crippen LogP contribution in [0.15, 0.2) is 57.5 Å². The molecule has 3 rings (SSSR count). The third kappa shape index (κ3) is 4.90. The molecule has 1 aliphatic heterocycles. The van der Waals surface area contributed by atoms with Crippen LogP contribution in [0.5, 0.6) is 5.75 Å². The second kappa shape index (κ2) is 10.2. The summed E-state index contributed by atoms with van der Waals surface area (Å²) < 4.78 is 10.8. The molecule has 1 heterocycles. The Balaban J connectivity index is 2.06. The van der Waals surface area contributed by atoms with Crippen molar-refractivity contribution in [3.05, 3.63) is 73.7 Å². The number of rotatable bonds is 6. The third-order valence-corrected chi connectivity index (χ3v) is 6.90. The quantitative estimate of drug-likeness (QED) is 0.435. The van der Waals surface area contributed by atoms with Crippen molar-refractivity contribution in [2.45, 2.75) is 11.7 Å². The van der Waals surface area contributed by atoms with E-state index >= 15 is 0 Å². The van der Waals surface area contributed by atoms with Crippen LogP contribution >= 0.6 is 39.3 Å². The van der Waals surface area contributed by atoms with Gasteiger partial charge in [-0.2, -0.15) is 5.26 Å². The van der Waals surface area contributed by atoms with Gasteiger partial charge in [0.2, 0.25) is 5.91 Å². The summed E-state index contributed by atoms with van der Waals surface area (Å²) in [6, 6.07) is 14.7. The minimum absolute atomic E-state index is 0.282. The summed E-state index contributed by atoms with van der Waals surface area (Å²) in [5.74, 6) is -2.19.